The molecule has 1 aromatic heterocycles. The van der Waals surface area contributed by atoms with Gasteiger partial charge in [-0.2, -0.15) is 5.26 Å². The predicted octanol–water partition coefficient (Wildman–Crippen LogP) is 3.81. The van der Waals surface area contributed by atoms with Crippen molar-refractivity contribution in [3.63, 3.8) is 0 Å². The van der Waals surface area contributed by atoms with Gasteiger partial charge in [0, 0.05) is 6.08 Å². The Hall–Kier alpha value is -2.52. The molecule has 2 aromatic rings. The number of nitriles is 1. The second-order valence-corrected chi connectivity index (χ2v) is 4.65. The number of esters is 1. The maximum absolute atomic E-state index is 11.9. The van der Waals surface area contributed by atoms with Crippen LogP contribution in [0.4, 0.5) is 0 Å². The average molecular weight is 348 g/mol. The quantitative estimate of drug-likeness (QED) is 0.477. The number of furan rings is 1. The van der Waals surface area contributed by atoms with Crippen LogP contribution in [0, 0.1) is 11.3 Å². The summed E-state index contributed by atoms with van der Waals surface area (Å²) in [6.07, 6.45) is 2.97. The summed E-state index contributed by atoms with van der Waals surface area (Å²) in [7, 11) is 1.47. The number of hydrogen-bond acceptors (Lipinski definition) is 5. The van der Waals surface area contributed by atoms with E-state index < -0.39 is 5.97 Å². The minimum absolute atomic E-state index is 0.0809. The first-order valence-corrected chi connectivity index (χ1v) is 6.65. The van der Waals surface area contributed by atoms with Crippen LogP contribution in [0.25, 0.3) is 6.08 Å². The van der Waals surface area contributed by atoms with E-state index in [4.69, 9.17) is 19.2 Å². The van der Waals surface area contributed by atoms with Crippen LogP contribution in [-0.2, 0) is 0 Å². The molecule has 0 spiro atoms. The molecular formula is C15H10BrNO4. The first-order chi connectivity index (χ1) is 10.1. The number of methoxy groups -OCH3 is 1. The van der Waals surface area contributed by atoms with Gasteiger partial charge in [-0.05, 0) is 51.8 Å². The van der Waals surface area contributed by atoms with Crippen molar-refractivity contribution >= 4 is 28.0 Å². The van der Waals surface area contributed by atoms with E-state index in [-0.39, 0.29) is 11.5 Å². The maximum atomic E-state index is 11.9. The minimum Gasteiger partial charge on any atom is -0.493 e. The topological polar surface area (TPSA) is 72.5 Å². The van der Waals surface area contributed by atoms with Crippen LogP contribution in [0.3, 0.4) is 0 Å². The van der Waals surface area contributed by atoms with Gasteiger partial charge < -0.3 is 13.9 Å². The molecule has 0 amide bonds. The van der Waals surface area contributed by atoms with E-state index in [1.807, 2.05) is 6.07 Å². The predicted molar refractivity (Wildman–Crippen MR) is 79.0 cm³/mol. The molecule has 0 unspecified atom stereocenters. The first kappa shape index (κ1) is 14.9. The van der Waals surface area contributed by atoms with E-state index in [1.165, 1.54) is 19.3 Å². The number of allylic oxidation sites excluding steroid dienone is 1. The molecule has 0 N–H and O–H groups in total. The number of ether oxygens (including phenoxy) is 2. The lowest BCUT2D eigenvalue weighted by atomic mass is 10.2. The number of rotatable bonds is 4. The molecule has 0 radical (unpaired) electrons. The van der Waals surface area contributed by atoms with Crippen molar-refractivity contribution in [2.24, 2.45) is 0 Å². The normalized spacial score (nSPS) is 10.3. The highest BCUT2D eigenvalue weighted by Gasteiger charge is 2.15. The Morgan fingerprint density at radius 3 is 2.76 bits per heavy atom. The van der Waals surface area contributed by atoms with E-state index in [9.17, 15) is 4.79 Å². The summed E-state index contributed by atoms with van der Waals surface area (Å²) < 4.78 is 16.0. The highest BCUT2D eigenvalue weighted by molar-refractivity contribution is 9.10. The molecule has 0 aliphatic rings. The van der Waals surface area contributed by atoms with E-state index in [0.29, 0.717) is 10.4 Å². The van der Waals surface area contributed by atoms with Gasteiger partial charge in [0.2, 0.25) is 5.76 Å². The van der Waals surface area contributed by atoms with Gasteiger partial charge in [0.1, 0.15) is 0 Å². The van der Waals surface area contributed by atoms with Crippen LogP contribution < -0.4 is 9.47 Å². The Balaban J connectivity index is 2.22. The number of hydrogen-bond donors (Lipinski definition) is 0. The van der Waals surface area contributed by atoms with E-state index >= 15 is 0 Å². The summed E-state index contributed by atoms with van der Waals surface area (Å²) in [6.45, 7) is 0. The van der Waals surface area contributed by atoms with Gasteiger partial charge in [0.25, 0.3) is 0 Å². The van der Waals surface area contributed by atoms with Crippen LogP contribution in [0.15, 0.2) is 45.5 Å². The molecule has 0 bridgehead atoms. The maximum Gasteiger partial charge on any atom is 0.379 e. The number of halogens is 1. The molecular weight excluding hydrogens is 338 g/mol. The second kappa shape index (κ2) is 6.77. The molecule has 6 heteroatoms. The number of nitrogens with zero attached hydrogens (tertiary/aromatic N) is 1. The third-order valence-electron chi connectivity index (χ3n) is 2.52. The molecule has 0 fully saturated rings. The van der Waals surface area contributed by atoms with Gasteiger partial charge in [0.15, 0.2) is 16.2 Å². The third kappa shape index (κ3) is 3.74. The third-order valence-corrected chi connectivity index (χ3v) is 2.94. The summed E-state index contributed by atoms with van der Waals surface area (Å²) in [6, 6.07) is 9.96. The Morgan fingerprint density at radius 1 is 1.33 bits per heavy atom. The SMILES string of the molecule is COc1cc(/C=C\C#N)ccc1OC(=O)c1ccc(Br)o1. The summed E-state index contributed by atoms with van der Waals surface area (Å²) in [5.41, 5.74) is 0.758. The van der Waals surface area contributed by atoms with E-state index in [1.54, 1.807) is 30.3 Å². The fourth-order valence-corrected chi connectivity index (χ4v) is 1.89. The summed E-state index contributed by atoms with van der Waals surface area (Å²) in [5, 5.41) is 8.50. The minimum atomic E-state index is -0.626. The summed E-state index contributed by atoms with van der Waals surface area (Å²) in [4.78, 5) is 11.9. The highest BCUT2D eigenvalue weighted by Crippen LogP contribution is 2.29. The van der Waals surface area contributed by atoms with Crippen molar-refractivity contribution in [2.75, 3.05) is 7.11 Å². The van der Waals surface area contributed by atoms with Crippen molar-refractivity contribution in [1.29, 1.82) is 5.26 Å². The van der Waals surface area contributed by atoms with Crippen LogP contribution in [-0.4, -0.2) is 13.1 Å². The van der Waals surface area contributed by atoms with Crippen molar-refractivity contribution < 1.29 is 18.7 Å². The lowest BCUT2D eigenvalue weighted by Gasteiger charge is -2.08. The molecule has 5 nitrogen and oxygen atoms in total. The molecule has 0 saturated heterocycles. The lowest BCUT2D eigenvalue weighted by molar-refractivity contribution is 0.0695. The zero-order chi connectivity index (χ0) is 15.2. The molecule has 0 aliphatic heterocycles. The zero-order valence-corrected chi connectivity index (χ0v) is 12.6. The average Bonchev–Trinajstić information content (AvgIpc) is 2.92. The molecule has 21 heavy (non-hydrogen) atoms. The number of carbonyl (C=O) groups is 1. The highest BCUT2D eigenvalue weighted by atomic mass is 79.9. The Morgan fingerprint density at radius 2 is 2.14 bits per heavy atom. The number of carbonyl (C=O) groups excluding carboxylic acids is 1. The van der Waals surface area contributed by atoms with Gasteiger partial charge in [-0.15, -0.1) is 0 Å². The van der Waals surface area contributed by atoms with Crippen molar-refractivity contribution in [3.8, 4) is 17.6 Å². The molecule has 1 heterocycles. The monoisotopic (exact) mass is 347 g/mol. The lowest BCUT2D eigenvalue weighted by Crippen LogP contribution is -2.08. The van der Waals surface area contributed by atoms with Gasteiger partial charge in [-0.3, -0.25) is 0 Å². The smallest absolute Gasteiger partial charge is 0.379 e. The fourth-order valence-electron chi connectivity index (χ4n) is 1.58. The van der Waals surface area contributed by atoms with Crippen molar-refractivity contribution in [3.05, 3.63) is 52.4 Å². The zero-order valence-electron chi connectivity index (χ0n) is 11.0. The molecule has 0 atom stereocenters. The van der Waals surface area contributed by atoms with Crippen LogP contribution >= 0.6 is 15.9 Å². The molecule has 0 saturated carbocycles. The molecule has 2 rings (SSSR count). The first-order valence-electron chi connectivity index (χ1n) is 5.85. The molecule has 1 aromatic carbocycles. The van der Waals surface area contributed by atoms with E-state index in [2.05, 4.69) is 15.9 Å². The van der Waals surface area contributed by atoms with Crippen LogP contribution in [0.1, 0.15) is 16.1 Å². The summed E-state index contributed by atoms with van der Waals surface area (Å²) in [5.74, 6) is 0.106. The Kier molecular flexibility index (Phi) is 4.80. The van der Waals surface area contributed by atoms with Gasteiger partial charge in [-0.25, -0.2) is 4.79 Å². The molecule has 0 aliphatic carbocycles. The Bertz CT molecular complexity index is 728. The van der Waals surface area contributed by atoms with Gasteiger partial charge >= 0.3 is 5.97 Å². The largest absolute Gasteiger partial charge is 0.493 e. The van der Waals surface area contributed by atoms with Crippen LogP contribution in [0.5, 0.6) is 11.5 Å². The van der Waals surface area contributed by atoms with Gasteiger partial charge in [-0.1, -0.05) is 6.07 Å². The fraction of sp³-hybridized carbons (Fsp3) is 0.0667. The van der Waals surface area contributed by atoms with Crippen LogP contribution in [0.2, 0.25) is 0 Å². The standard InChI is InChI=1S/C15H10BrNO4/c1-19-13-9-10(3-2-8-17)4-5-11(13)21-15(18)12-6-7-14(16)20-12/h2-7,9H,1H3/b3-2-. The molecule has 106 valence electrons. The Labute approximate surface area is 129 Å². The van der Waals surface area contributed by atoms with Crippen molar-refractivity contribution in [1.82, 2.24) is 0 Å². The van der Waals surface area contributed by atoms with Gasteiger partial charge in [0.05, 0.1) is 13.2 Å². The summed E-state index contributed by atoms with van der Waals surface area (Å²) >= 11 is 3.11. The second-order valence-electron chi connectivity index (χ2n) is 3.87. The van der Waals surface area contributed by atoms with Crippen molar-refractivity contribution in [2.45, 2.75) is 0 Å². The number of benzene rings is 1. The van der Waals surface area contributed by atoms with E-state index in [0.717, 1.165) is 5.56 Å².